The Bertz CT molecular complexity index is 601. The molecule has 104 valence electrons. The van der Waals surface area contributed by atoms with Gasteiger partial charge in [0.2, 0.25) is 5.78 Å². The quantitative estimate of drug-likeness (QED) is 0.377. The number of allylic oxidation sites excluding steroid dienone is 1. The number of pyridine rings is 1. The summed E-state index contributed by atoms with van der Waals surface area (Å²) in [5.74, 6) is -1.29. The minimum absolute atomic E-state index is 0.0970. The van der Waals surface area contributed by atoms with E-state index in [0.717, 1.165) is 0 Å². The Morgan fingerprint density at radius 2 is 2.25 bits per heavy atom. The van der Waals surface area contributed by atoms with Gasteiger partial charge < -0.3 is 10.5 Å². The normalized spacial score (nSPS) is 11.2. The fourth-order valence-electron chi connectivity index (χ4n) is 1.36. The first-order chi connectivity index (χ1) is 9.51. The molecule has 0 unspecified atom stereocenters. The summed E-state index contributed by atoms with van der Waals surface area (Å²) in [4.78, 5) is 27.5. The average Bonchev–Trinajstić information content (AvgIpc) is 2.45. The number of ketones is 1. The van der Waals surface area contributed by atoms with E-state index in [1.807, 2.05) is 0 Å². The van der Waals surface area contributed by atoms with E-state index in [2.05, 4.69) is 4.98 Å². The minimum atomic E-state index is -0.664. The van der Waals surface area contributed by atoms with E-state index in [-0.39, 0.29) is 16.8 Å². The van der Waals surface area contributed by atoms with Crippen molar-refractivity contribution in [1.29, 1.82) is 5.26 Å². The third-order valence-electron chi connectivity index (χ3n) is 2.30. The molecule has 0 aliphatic rings. The minimum Gasteiger partial charge on any atom is -0.454 e. The summed E-state index contributed by atoms with van der Waals surface area (Å²) < 4.78 is 4.88. The van der Waals surface area contributed by atoms with Gasteiger partial charge in [0.15, 0.2) is 6.61 Å². The zero-order chi connectivity index (χ0) is 15.1. The molecule has 0 aliphatic heterocycles. The number of nitrogens with two attached hydrogens (primary N) is 1. The van der Waals surface area contributed by atoms with Crippen molar-refractivity contribution in [2.45, 2.75) is 11.9 Å². The van der Waals surface area contributed by atoms with Crippen LogP contribution in [0.15, 0.2) is 34.6 Å². The standard InChI is InChI=1S/C13H13N3O3S/c1-8(15)10(6-14)11(17)7-19-13(18)9-4-3-5-16-12(9)20-2/h3-5H,7,15H2,1-2H3/b10-8+. The van der Waals surface area contributed by atoms with Gasteiger partial charge in [-0.3, -0.25) is 4.79 Å². The van der Waals surface area contributed by atoms with Crippen LogP contribution in [0.3, 0.4) is 0 Å². The number of esters is 1. The van der Waals surface area contributed by atoms with Crippen LogP contribution in [0.1, 0.15) is 17.3 Å². The Morgan fingerprint density at radius 3 is 2.80 bits per heavy atom. The largest absolute Gasteiger partial charge is 0.454 e. The molecule has 0 saturated carbocycles. The molecule has 1 rings (SSSR count). The van der Waals surface area contributed by atoms with Crippen LogP contribution >= 0.6 is 11.8 Å². The van der Waals surface area contributed by atoms with E-state index in [1.54, 1.807) is 30.7 Å². The Labute approximate surface area is 120 Å². The first-order valence-corrected chi connectivity index (χ1v) is 6.79. The van der Waals surface area contributed by atoms with Gasteiger partial charge in [0, 0.05) is 11.9 Å². The lowest BCUT2D eigenvalue weighted by Gasteiger charge is -2.06. The van der Waals surface area contributed by atoms with Gasteiger partial charge in [-0.15, -0.1) is 11.8 Å². The highest BCUT2D eigenvalue weighted by atomic mass is 32.2. The first-order valence-electron chi connectivity index (χ1n) is 5.57. The lowest BCUT2D eigenvalue weighted by molar-refractivity contribution is -0.118. The maximum Gasteiger partial charge on any atom is 0.341 e. The van der Waals surface area contributed by atoms with Crippen molar-refractivity contribution in [3.8, 4) is 6.07 Å². The maximum absolute atomic E-state index is 11.9. The monoisotopic (exact) mass is 291 g/mol. The van der Waals surface area contributed by atoms with E-state index < -0.39 is 18.4 Å². The topological polar surface area (TPSA) is 106 Å². The molecule has 20 heavy (non-hydrogen) atoms. The van der Waals surface area contributed by atoms with Crippen LogP contribution in [-0.2, 0) is 9.53 Å². The molecule has 2 N–H and O–H groups in total. The van der Waals surface area contributed by atoms with E-state index in [0.29, 0.717) is 5.03 Å². The Balaban J connectivity index is 2.77. The van der Waals surface area contributed by atoms with Crippen molar-refractivity contribution >= 4 is 23.5 Å². The van der Waals surface area contributed by atoms with Crippen molar-refractivity contribution in [3.63, 3.8) is 0 Å². The summed E-state index contributed by atoms with van der Waals surface area (Å²) in [5.41, 5.74) is 5.57. The molecule has 0 bridgehead atoms. The fourth-order valence-corrected chi connectivity index (χ4v) is 1.90. The number of carbonyl (C=O) groups excluding carboxylic acids is 2. The van der Waals surface area contributed by atoms with Crippen LogP contribution < -0.4 is 5.73 Å². The van der Waals surface area contributed by atoms with Crippen LogP contribution in [0, 0.1) is 11.3 Å². The van der Waals surface area contributed by atoms with Crippen molar-refractivity contribution in [2.24, 2.45) is 5.73 Å². The van der Waals surface area contributed by atoms with E-state index >= 15 is 0 Å². The Kier molecular flexibility index (Phi) is 5.74. The number of carbonyl (C=O) groups is 2. The second-order valence-corrected chi connectivity index (χ2v) is 4.52. The van der Waals surface area contributed by atoms with Crippen LogP contribution in [0.2, 0.25) is 0 Å². The van der Waals surface area contributed by atoms with Gasteiger partial charge in [0.05, 0.1) is 5.56 Å². The van der Waals surface area contributed by atoms with Gasteiger partial charge in [0.25, 0.3) is 0 Å². The van der Waals surface area contributed by atoms with Crippen LogP contribution in [0.5, 0.6) is 0 Å². The number of hydrogen-bond donors (Lipinski definition) is 1. The number of rotatable bonds is 5. The lowest BCUT2D eigenvalue weighted by Crippen LogP contribution is -2.18. The van der Waals surface area contributed by atoms with Gasteiger partial charge >= 0.3 is 5.97 Å². The molecule has 1 aromatic heterocycles. The highest BCUT2D eigenvalue weighted by molar-refractivity contribution is 7.98. The number of aromatic nitrogens is 1. The number of ether oxygens (including phenoxy) is 1. The first kappa shape index (κ1) is 15.7. The predicted octanol–water partition coefficient (Wildman–Crippen LogP) is 1.29. The summed E-state index contributed by atoms with van der Waals surface area (Å²) in [6.07, 6.45) is 3.33. The number of hydrogen-bond acceptors (Lipinski definition) is 7. The molecule has 0 atom stereocenters. The van der Waals surface area contributed by atoms with Crippen molar-refractivity contribution in [1.82, 2.24) is 4.98 Å². The summed E-state index contributed by atoms with van der Waals surface area (Å²) in [6, 6.07) is 4.84. The van der Waals surface area contributed by atoms with Crippen LogP contribution in [-0.4, -0.2) is 29.6 Å². The van der Waals surface area contributed by atoms with Crippen molar-refractivity contribution in [2.75, 3.05) is 12.9 Å². The third-order valence-corrected chi connectivity index (χ3v) is 3.02. The van der Waals surface area contributed by atoms with Gasteiger partial charge in [-0.25, -0.2) is 9.78 Å². The molecule has 0 aliphatic carbocycles. The molecule has 0 spiro atoms. The molecule has 1 heterocycles. The Hall–Kier alpha value is -2.33. The van der Waals surface area contributed by atoms with Crippen molar-refractivity contribution in [3.05, 3.63) is 35.2 Å². The fraction of sp³-hybridized carbons (Fsp3) is 0.231. The van der Waals surface area contributed by atoms with E-state index in [9.17, 15) is 9.59 Å². The number of nitrogens with zero attached hydrogens (tertiary/aromatic N) is 2. The average molecular weight is 291 g/mol. The van der Waals surface area contributed by atoms with Gasteiger partial charge in [-0.05, 0) is 25.3 Å². The van der Waals surface area contributed by atoms with Crippen LogP contribution in [0.25, 0.3) is 0 Å². The summed E-state index contributed by atoms with van der Waals surface area (Å²) >= 11 is 1.30. The number of Topliss-reactive ketones (excluding diaryl/α,β-unsaturated/α-hetero) is 1. The number of nitriles is 1. The molecule has 0 aromatic carbocycles. The third kappa shape index (κ3) is 3.83. The molecule has 1 aromatic rings. The molecule has 0 radical (unpaired) electrons. The highest BCUT2D eigenvalue weighted by Crippen LogP contribution is 2.17. The van der Waals surface area contributed by atoms with Crippen molar-refractivity contribution < 1.29 is 14.3 Å². The van der Waals surface area contributed by atoms with Gasteiger partial charge in [-0.2, -0.15) is 5.26 Å². The smallest absolute Gasteiger partial charge is 0.341 e. The second kappa shape index (κ2) is 7.31. The summed E-state index contributed by atoms with van der Waals surface area (Å²) in [7, 11) is 0. The molecule has 6 nitrogen and oxygen atoms in total. The molecular weight excluding hydrogens is 278 g/mol. The van der Waals surface area contributed by atoms with Gasteiger partial charge in [0.1, 0.15) is 16.7 Å². The van der Waals surface area contributed by atoms with Gasteiger partial charge in [-0.1, -0.05) is 0 Å². The predicted molar refractivity (Wildman–Crippen MR) is 73.8 cm³/mol. The zero-order valence-corrected chi connectivity index (χ0v) is 11.9. The highest BCUT2D eigenvalue weighted by Gasteiger charge is 2.17. The molecule has 0 saturated heterocycles. The second-order valence-electron chi connectivity index (χ2n) is 3.73. The Morgan fingerprint density at radius 1 is 1.55 bits per heavy atom. The number of thioether (sulfide) groups is 1. The van der Waals surface area contributed by atoms with E-state index in [4.69, 9.17) is 15.7 Å². The lowest BCUT2D eigenvalue weighted by atomic mass is 10.1. The summed E-state index contributed by atoms with van der Waals surface area (Å²) in [6.45, 7) is 0.907. The molecule has 0 fully saturated rings. The maximum atomic E-state index is 11.9. The zero-order valence-electron chi connectivity index (χ0n) is 11.0. The molecule has 7 heteroatoms. The molecular formula is C13H13N3O3S. The SMILES string of the molecule is CSc1ncccc1C(=O)OCC(=O)/C(C#N)=C(\C)N. The van der Waals surface area contributed by atoms with Crippen LogP contribution in [0.4, 0.5) is 0 Å². The summed E-state index contributed by atoms with van der Waals surface area (Å²) in [5, 5.41) is 9.28. The van der Waals surface area contributed by atoms with E-state index in [1.165, 1.54) is 18.7 Å². The molecule has 0 amide bonds.